The zero-order valence-electron chi connectivity index (χ0n) is 14.2. The molecule has 0 fully saturated rings. The highest BCUT2D eigenvalue weighted by molar-refractivity contribution is 5.84. The van der Waals surface area contributed by atoms with Crippen LogP contribution in [0.2, 0.25) is 0 Å². The van der Waals surface area contributed by atoms with Crippen LogP contribution in [0.1, 0.15) is 19.4 Å². The summed E-state index contributed by atoms with van der Waals surface area (Å²) in [4.78, 5) is 12.0. The molecule has 1 aromatic carbocycles. The molecule has 23 heavy (non-hydrogen) atoms. The van der Waals surface area contributed by atoms with E-state index in [1.165, 1.54) is 25.2 Å². The fourth-order valence-corrected chi connectivity index (χ4v) is 2.20. The minimum atomic E-state index is -1.26. The van der Waals surface area contributed by atoms with Crippen LogP contribution in [0.5, 0.6) is 17.2 Å². The van der Waals surface area contributed by atoms with Gasteiger partial charge in [0, 0.05) is 0 Å². The highest BCUT2D eigenvalue weighted by Crippen LogP contribution is 2.38. The maximum atomic E-state index is 10.5. The summed E-state index contributed by atoms with van der Waals surface area (Å²) in [5.41, 5.74) is 0.629. The fourth-order valence-electron chi connectivity index (χ4n) is 2.20. The van der Waals surface area contributed by atoms with Gasteiger partial charge in [-0.2, -0.15) is 0 Å². The average molecular weight is 323 g/mol. The molecule has 0 aliphatic rings. The normalized spacial score (nSPS) is 11.0. The fraction of sp³-hybridized carbons (Fsp3) is 0.471. The number of methoxy groups -OCH3 is 2. The molecule has 0 heterocycles. The Morgan fingerprint density at radius 3 is 2.17 bits per heavy atom. The van der Waals surface area contributed by atoms with Gasteiger partial charge in [-0.25, -0.2) is 0 Å². The van der Waals surface area contributed by atoms with Crippen molar-refractivity contribution in [1.82, 2.24) is 0 Å². The smallest absolute Gasteiger partial charge is 0.203 e. The molecule has 1 aromatic rings. The molecule has 0 bridgehead atoms. The molecule has 0 saturated heterocycles. The minimum absolute atomic E-state index is 0.497. The molecule has 0 spiro atoms. The molecule has 1 rings (SSSR count). The summed E-state index contributed by atoms with van der Waals surface area (Å²) in [7, 11) is 3.06. The van der Waals surface area contributed by atoms with E-state index in [4.69, 9.17) is 14.2 Å². The largest absolute Gasteiger partial charge is 0.545 e. The zero-order valence-corrected chi connectivity index (χ0v) is 14.2. The molecule has 0 aliphatic carbocycles. The summed E-state index contributed by atoms with van der Waals surface area (Å²) in [6, 6.07) is 3.39. The Hall–Kier alpha value is -2.21. The number of ether oxygens (including phenoxy) is 3. The Balaban J connectivity index is 2.95. The summed E-state index contributed by atoms with van der Waals surface area (Å²) < 4.78 is 16.5. The van der Waals surface area contributed by atoms with Gasteiger partial charge >= 0.3 is 0 Å². The highest BCUT2D eigenvalue weighted by Gasteiger charge is 2.14. The lowest BCUT2D eigenvalue weighted by Gasteiger charge is -2.18. The van der Waals surface area contributed by atoms with E-state index in [1.807, 2.05) is 0 Å². The molecule has 0 aromatic heterocycles. The van der Waals surface area contributed by atoms with E-state index < -0.39 is 5.97 Å². The minimum Gasteiger partial charge on any atom is -0.545 e. The summed E-state index contributed by atoms with van der Waals surface area (Å²) in [6.45, 7) is 7.78. The quantitative estimate of drug-likeness (QED) is 0.602. The van der Waals surface area contributed by atoms with E-state index in [1.54, 1.807) is 12.1 Å². The number of aliphatic carboxylic acids is 1. The van der Waals surface area contributed by atoms with Gasteiger partial charge in [-0.15, -0.1) is 0 Å². The number of carboxylic acid groups (broad SMARTS) is 1. The second-order valence-corrected chi connectivity index (χ2v) is 4.96. The Kier molecular flexibility index (Phi) is 7.97. The SMILES string of the molecule is CC[NH+](CC)CCOc1c(OC)cc(/C=C/C(=O)[O-])cc1OC. The Morgan fingerprint density at radius 2 is 1.74 bits per heavy atom. The number of carboxylic acids is 1. The molecule has 6 heteroatoms. The van der Waals surface area contributed by atoms with E-state index in [9.17, 15) is 9.90 Å². The van der Waals surface area contributed by atoms with E-state index in [2.05, 4.69) is 13.8 Å². The zero-order chi connectivity index (χ0) is 17.2. The van der Waals surface area contributed by atoms with Crippen LogP contribution in [0, 0.1) is 0 Å². The van der Waals surface area contributed by atoms with E-state index in [0.29, 0.717) is 29.4 Å². The van der Waals surface area contributed by atoms with E-state index >= 15 is 0 Å². The summed E-state index contributed by atoms with van der Waals surface area (Å²) in [5.74, 6) is 0.256. The van der Waals surface area contributed by atoms with Gasteiger partial charge in [-0.05, 0) is 37.6 Å². The van der Waals surface area contributed by atoms with Crippen LogP contribution < -0.4 is 24.2 Å². The Labute approximate surface area is 137 Å². The van der Waals surface area contributed by atoms with Crippen LogP contribution >= 0.6 is 0 Å². The second-order valence-electron chi connectivity index (χ2n) is 4.96. The van der Waals surface area contributed by atoms with Crippen LogP contribution in [0.3, 0.4) is 0 Å². The molecular weight excluding hydrogens is 298 g/mol. The molecule has 0 aliphatic heterocycles. The van der Waals surface area contributed by atoms with Crippen LogP contribution in [0.25, 0.3) is 6.08 Å². The number of hydrogen-bond donors (Lipinski definition) is 1. The number of carbonyl (C=O) groups is 1. The predicted octanol–water partition coefficient (Wildman–Crippen LogP) is -0.230. The monoisotopic (exact) mass is 323 g/mol. The molecule has 0 radical (unpaired) electrons. The second kappa shape index (κ2) is 9.74. The van der Waals surface area contributed by atoms with Gasteiger partial charge in [0.15, 0.2) is 11.5 Å². The first-order valence-corrected chi connectivity index (χ1v) is 7.67. The van der Waals surface area contributed by atoms with Crippen molar-refractivity contribution in [2.24, 2.45) is 0 Å². The number of rotatable bonds is 10. The highest BCUT2D eigenvalue weighted by atomic mass is 16.5. The standard InChI is InChI=1S/C17H25NO5/c1-5-18(6-2)9-10-23-17-14(21-3)11-13(7-8-16(19)20)12-15(17)22-4/h7-8,11-12H,5-6,9-10H2,1-4H3,(H,19,20)/b8-7+. The van der Waals surface area contributed by atoms with Crippen LogP contribution in [0.4, 0.5) is 0 Å². The van der Waals surface area contributed by atoms with Crippen molar-refractivity contribution >= 4 is 12.0 Å². The number of likely N-dealkylation sites (N-methyl/N-ethyl adjacent to an activating group) is 1. The van der Waals surface area contributed by atoms with Crippen molar-refractivity contribution in [2.45, 2.75) is 13.8 Å². The molecule has 0 atom stereocenters. The van der Waals surface area contributed by atoms with E-state index in [-0.39, 0.29) is 0 Å². The summed E-state index contributed by atoms with van der Waals surface area (Å²) >= 11 is 0. The number of benzene rings is 1. The third-order valence-corrected chi connectivity index (χ3v) is 3.60. The maximum Gasteiger partial charge on any atom is 0.203 e. The Morgan fingerprint density at radius 1 is 1.17 bits per heavy atom. The van der Waals surface area contributed by atoms with Gasteiger partial charge in [-0.3, -0.25) is 0 Å². The average Bonchev–Trinajstić information content (AvgIpc) is 2.56. The van der Waals surface area contributed by atoms with Crippen LogP contribution in [-0.2, 0) is 4.79 Å². The number of nitrogens with one attached hydrogen (secondary N) is 1. The topological polar surface area (TPSA) is 72.3 Å². The lowest BCUT2D eigenvalue weighted by molar-refractivity contribution is -0.896. The molecule has 6 nitrogen and oxygen atoms in total. The van der Waals surface area contributed by atoms with E-state index in [0.717, 1.165) is 25.7 Å². The first-order valence-electron chi connectivity index (χ1n) is 7.67. The third-order valence-electron chi connectivity index (χ3n) is 3.60. The number of quaternary nitrogens is 1. The molecule has 0 amide bonds. The molecule has 128 valence electrons. The summed E-state index contributed by atoms with van der Waals surface area (Å²) in [6.07, 6.45) is 2.38. The van der Waals surface area contributed by atoms with Gasteiger partial charge < -0.3 is 29.0 Å². The lowest BCUT2D eigenvalue weighted by atomic mass is 10.1. The molecule has 1 N–H and O–H groups in total. The van der Waals surface area contributed by atoms with Crippen LogP contribution in [-0.4, -0.2) is 46.4 Å². The summed E-state index contributed by atoms with van der Waals surface area (Å²) in [5, 5.41) is 10.5. The van der Waals surface area contributed by atoms with Crippen molar-refractivity contribution in [3.05, 3.63) is 23.8 Å². The van der Waals surface area contributed by atoms with Crippen LogP contribution in [0.15, 0.2) is 18.2 Å². The van der Waals surface area contributed by atoms with Gasteiger partial charge in [-0.1, -0.05) is 6.08 Å². The van der Waals surface area contributed by atoms with Gasteiger partial charge in [0.25, 0.3) is 0 Å². The molecular formula is C17H25NO5. The Bertz CT molecular complexity index is 513. The maximum absolute atomic E-state index is 10.5. The van der Waals surface area contributed by atoms with Crippen molar-refractivity contribution in [1.29, 1.82) is 0 Å². The van der Waals surface area contributed by atoms with Gasteiger partial charge in [0.2, 0.25) is 5.75 Å². The predicted molar refractivity (Wildman–Crippen MR) is 86.0 cm³/mol. The van der Waals surface area contributed by atoms with Crippen molar-refractivity contribution in [3.8, 4) is 17.2 Å². The van der Waals surface area contributed by atoms with Gasteiger partial charge in [0.1, 0.15) is 13.2 Å². The molecule has 0 saturated carbocycles. The van der Waals surface area contributed by atoms with Gasteiger partial charge in [0.05, 0.1) is 33.3 Å². The first kappa shape index (κ1) is 18.8. The van der Waals surface area contributed by atoms with Crippen molar-refractivity contribution in [3.63, 3.8) is 0 Å². The number of carbonyl (C=O) groups excluding carboxylic acids is 1. The van der Waals surface area contributed by atoms with Crippen molar-refractivity contribution in [2.75, 3.05) is 40.5 Å². The molecule has 0 unspecified atom stereocenters. The number of hydrogen-bond acceptors (Lipinski definition) is 5. The first-order chi connectivity index (χ1) is 11.0. The van der Waals surface area contributed by atoms with Crippen molar-refractivity contribution < 1.29 is 29.0 Å². The lowest BCUT2D eigenvalue weighted by Crippen LogP contribution is -3.12. The third kappa shape index (κ3) is 5.83.